The van der Waals surface area contributed by atoms with Crippen molar-refractivity contribution < 1.29 is 14.7 Å². The first kappa shape index (κ1) is 9.25. The molecule has 0 unspecified atom stereocenters. The molecule has 0 aliphatic carbocycles. The van der Waals surface area contributed by atoms with Gasteiger partial charge in [0.1, 0.15) is 0 Å². The van der Waals surface area contributed by atoms with E-state index in [9.17, 15) is 14.7 Å². The topological polar surface area (TPSA) is 60.4 Å². The number of anilines is 1. The van der Waals surface area contributed by atoms with Crippen LogP contribution in [0.5, 0.6) is 0 Å². The van der Waals surface area contributed by atoms with Crippen molar-refractivity contribution in [2.75, 3.05) is 11.4 Å². The van der Waals surface area contributed by atoms with Gasteiger partial charge in [0.15, 0.2) is 0 Å². The van der Waals surface area contributed by atoms with Crippen LogP contribution >= 0.6 is 0 Å². The number of carboxylic acid groups (broad SMARTS) is 1. The lowest BCUT2D eigenvalue weighted by Crippen LogP contribution is -2.37. The molecular weight excluding hydrogens is 170 g/mol. The number of benzene rings is 1. The Kier molecular flexibility index (Phi) is 3.03. The predicted molar refractivity (Wildman–Crippen MR) is 44.9 cm³/mol. The van der Waals surface area contributed by atoms with Crippen molar-refractivity contribution in [3.8, 4) is 0 Å². The summed E-state index contributed by atoms with van der Waals surface area (Å²) in [6.45, 7) is -0.423. The molecule has 0 N–H and O–H groups in total. The summed E-state index contributed by atoms with van der Waals surface area (Å²) < 4.78 is 0. The highest BCUT2D eigenvalue weighted by Gasteiger charge is 2.02. The summed E-state index contributed by atoms with van der Waals surface area (Å²) >= 11 is 0. The first-order chi connectivity index (χ1) is 6.24. The molecule has 0 aromatic heterocycles. The second-order valence-electron chi connectivity index (χ2n) is 2.44. The molecule has 0 bridgehead atoms. The normalized spacial score (nSPS) is 9.23. The van der Waals surface area contributed by atoms with E-state index >= 15 is 0 Å². The van der Waals surface area contributed by atoms with Crippen LogP contribution in [0.15, 0.2) is 30.3 Å². The molecule has 1 aromatic rings. The summed E-state index contributed by atoms with van der Waals surface area (Å²) in [4.78, 5) is 21.8. The maximum atomic E-state index is 10.5. The van der Waals surface area contributed by atoms with Gasteiger partial charge in [0, 0.05) is 5.69 Å². The quantitative estimate of drug-likeness (QED) is 0.578. The maximum Gasteiger partial charge on any atom is 0.214 e. The zero-order valence-corrected chi connectivity index (χ0v) is 6.84. The monoisotopic (exact) mass is 178 g/mol. The second-order valence-corrected chi connectivity index (χ2v) is 2.44. The first-order valence-corrected chi connectivity index (χ1v) is 3.71. The highest BCUT2D eigenvalue weighted by molar-refractivity contribution is 5.83. The third kappa shape index (κ3) is 2.59. The van der Waals surface area contributed by atoms with Gasteiger partial charge in [-0.1, -0.05) is 18.2 Å². The Morgan fingerprint density at radius 2 is 2.00 bits per heavy atom. The van der Waals surface area contributed by atoms with Gasteiger partial charge >= 0.3 is 0 Å². The third-order valence-electron chi connectivity index (χ3n) is 1.51. The fourth-order valence-electron chi connectivity index (χ4n) is 0.948. The molecule has 4 heteroatoms. The molecular formula is C9H8NO3-. The van der Waals surface area contributed by atoms with Crippen molar-refractivity contribution in [2.24, 2.45) is 0 Å². The zero-order valence-electron chi connectivity index (χ0n) is 6.84. The number of para-hydroxylation sites is 1. The number of nitrogens with zero attached hydrogens (tertiary/aromatic N) is 1. The van der Waals surface area contributed by atoms with Gasteiger partial charge in [-0.05, 0) is 12.1 Å². The molecule has 0 fully saturated rings. The van der Waals surface area contributed by atoms with Gasteiger partial charge in [-0.15, -0.1) is 0 Å². The average Bonchev–Trinajstić information content (AvgIpc) is 2.15. The van der Waals surface area contributed by atoms with Gasteiger partial charge in [-0.25, -0.2) is 0 Å². The van der Waals surface area contributed by atoms with E-state index in [4.69, 9.17) is 0 Å². The highest BCUT2D eigenvalue weighted by Crippen LogP contribution is 2.09. The van der Waals surface area contributed by atoms with Crippen LogP contribution in [0.2, 0.25) is 0 Å². The Hall–Kier alpha value is -1.84. The Balaban J connectivity index is 2.78. The molecule has 0 spiro atoms. The largest absolute Gasteiger partial charge is 0.548 e. The molecule has 0 aliphatic rings. The lowest BCUT2D eigenvalue weighted by Gasteiger charge is -2.17. The maximum absolute atomic E-state index is 10.5. The summed E-state index contributed by atoms with van der Waals surface area (Å²) in [6.07, 6.45) is 0.463. The smallest absolute Gasteiger partial charge is 0.214 e. The van der Waals surface area contributed by atoms with Crippen LogP contribution in [0.3, 0.4) is 0 Å². The van der Waals surface area contributed by atoms with E-state index in [2.05, 4.69) is 0 Å². The van der Waals surface area contributed by atoms with Gasteiger partial charge in [-0.3, -0.25) is 4.79 Å². The zero-order chi connectivity index (χ0) is 9.68. The van der Waals surface area contributed by atoms with Crippen LogP contribution in [0.25, 0.3) is 0 Å². The number of amides is 1. The number of hydrogen-bond acceptors (Lipinski definition) is 3. The molecule has 1 rings (SSSR count). The number of rotatable bonds is 4. The van der Waals surface area contributed by atoms with Gasteiger partial charge < -0.3 is 14.8 Å². The van der Waals surface area contributed by atoms with Crippen LogP contribution in [-0.4, -0.2) is 18.9 Å². The Bertz CT molecular complexity index is 297. The second kappa shape index (κ2) is 4.25. The molecule has 0 radical (unpaired) electrons. The molecule has 68 valence electrons. The van der Waals surface area contributed by atoms with Crippen molar-refractivity contribution in [1.29, 1.82) is 0 Å². The SMILES string of the molecule is O=CN(CC(=O)[O-])c1ccccc1. The number of carbonyl (C=O) groups is 2. The highest BCUT2D eigenvalue weighted by atomic mass is 16.4. The van der Waals surface area contributed by atoms with E-state index in [0.717, 1.165) is 4.90 Å². The standard InChI is InChI=1S/C9H9NO3/c11-7-10(6-9(12)13)8-4-2-1-3-5-8/h1-5,7H,6H2,(H,12,13)/p-1. The minimum absolute atomic E-state index is 0.423. The van der Waals surface area contributed by atoms with Crippen molar-refractivity contribution in [1.82, 2.24) is 0 Å². The van der Waals surface area contributed by atoms with E-state index < -0.39 is 12.5 Å². The van der Waals surface area contributed by atoms with Gasteiger partial charge in [-0.2, -0.15) is 0 Å². The molecule has 0 atom stereocenters. The Morgan fingerprint density at radius 3 is 2.46 bits per heavy atom. The molecule has 13 heavy (non-hydrogen) atoms. The van der Waals surface area contributed by atoms with Gasteiger partial charge in [0.05, 0.1) is 12.5 Å². The summed E-state index contributed by atoms with van der Waals surface area (Å²) in [6, 6.07) is 8.53. The fraction of sp³-hybridized carbons (Fsp3) is 0.111. The summed E-state index contributed by atoms with van der Waals surface area (Å²) in [5, 5.41) is 10.2. The summed E-state index contributed by atoms with van der Waals surface area (Å²) in [5.74, 6) is -1.28. The number of carbonyl (C=O) groups excluding carboxylic acids is 2. The first-order valence-electron chi connectivity index (χ1n) is 3.71. The van der Waals surface area contributed by atoms with E-state index in [1.54, 1.807) is 30.3 Å². The number of aliphatic carboxylic acids is 1. The van der Waals surface area contributed by atoms with Crippen molar-refractivity contribution >= 4 is 18.1 Å². The number of carboxylic acids is 1. The molecule has 0 heterocycles. The van der Waals surface area contributed by atoms with Crippen molar-refractivity contribution in [3.05, 3.63) is 30.3 Å². The average molecular weight is 178 g/mol. The molecule has 4 nitrogen and oxygen atoms in total. The predicted octanol–water partition coefficient (Wildman–Crippen LogP) is -0.601. The molecule has 0 saturated carbocycles. The van der Waals surface area contributed by atoms with Crippen molar-refractivity contribution in [3.63, 3.8) is 0 Å². The van der Waals surface area contributed by atoms with E-state index in [1.807, 2.05) is 0 Å². The molecule has 1 amide bonds. The van der Waals surface area contributed by atoms with Gasteiger partial charge in [0.2, 0.25) is 6.41 Å². The molecule has 0 aliphatic heterocycles. The van der Waals surface area contributed by atoms with Crippen LogP contribution in [0, 0.1) is 0 Å². The van der Waals surface area contributed by atoms with Crippen LogP contribution in [0.1, 0.15) is 0 Å². The third-order valence-corrected chi connectivity index (χ3v) is 1.51. The minimum atomic E-state index is -1.28. The van der Waals surface area contributed by atoms with E-state index in [0.29, 0.717) is 12.1 Å². The van der Waals surface area contributed by atoms with Crippen LogP contribution in [-0.2, 0) is 9.59 Å². The molecule has 1 aromatic carbocycles. The lowest BCUT2D eigenvalue weighted by molar-refractivity contribution is -0.303. The van der Waals surface area contributed by atoms with Gasteiger partial charge in [0.25, 0.3) is 0 Å². The number of hydrogen-bond donors (Lipinski definition) is 0. The lowest BCUT2D eigenvalue weighted by atomic mass is 10.3. The summed E-state index contributed by atoms with van der Waals surface area (Å²) in [7, 11) is 0. The minimum Gasteiger partial charge on any atom is -0.548 e. The van der Waals surface area contributed by atoms with Crippen LogP contribution < -0.4 is 10.0 Å². The van der Waals surface area contributed by atoms with E-state index in [-0.39, 0.29) is 0 Å². The summed E-state index contributed by atoms with van der Waals surface area (Å²) in [5.41, 5.74) is 0.543. The fourth-order valence-corrected chi connectivity index (χ4v) is 0.948. The van der Waals surface area contributed by atoms with Crippen LogP contribution in [0.4, 0.5) is 5.69 Å². The molecule has 0 saturated heterocycles. The Morgan fingerprint density at radius 1 is 1.38 bits per heavy atom. The van der Waals surface area contributed by atoms with Crippen molar-refractivity contribution in [2.45, 2.75) is 0 Å². The Labute approximate surface area is 75.4 Å². The van der Waals surface area contributed by atoms with E-state index in [1.165, 1.54) is 0 Å².